The quantitative estimate of drug-likeness (QED) is 0.256. The van der Waals surface area contributed by atoms with Gasteiger partial charge >= 0.3 is 0 Å². The van der Waals surface area contributed by atoms with Gasteiger partial charge in [-0.1, -0.05) is 80.7 Å². The lowest BCUT2D eigenvalue weighted by molar-refractivity contribution is -0.145. The molecule has 0 radical (unpaired) electrons. The zero-order chi connectivity index (χ0) is 38.2. The lowest BCUT2D eigenvalue weighted by atomic mass is 9.85. The van der Waals surface area contributed by atoms with Gasteiger partial charge in [-0.15, -0.1) is 0 Å². The van der Waals surface area contributed by atoms with Crippen molar-refractivity contribution in [1.29, 1.82) is 0 Å². The van der Waals surface area contributed by atoms with Crippen molar-refractivity contribution in [1.82, 2.24) is 20.9 Å². The molecule has 2 aliphatic heterocycles. The molecule has 0 aromatic heterocycles. The number of carbonyl (C=O) groups excluding carboxylic acids is 5. The van der Waals surface area contributed by atoms with Crippen LogP contribution >= 0.6 is 11.6 Å². The number of aryl methyl sites for hydroxylation is 1. The molecule has 284 valence electrons. The minimum Gasteiger partial charge on any atom is -0.495 e. The minimum absolute atomic E-state index is 0.00979. The highest BCUT2D eigenvalue weighted by atomic mass is 35.5. The molecule has 3 N–H and O–H groups in total. The van der Waals surface area contributed by atoms with E-state index in [9.17, 15) is 24.0 Å². The van der Waals surface area contributed by atoms with Gasteiger partial charge in [-0.3, -0.25) is 24.0 Å². The van der Waals surface area contributed by atoms with Crippen LogP contribution in [0.3, 0.4) is 0 Å². The lowest BCUT2D eigenvalue weighted by Crippen LogP contribution is -2.59. The summed E-state index contributed by atoms with van der Waals surface area (Å²) in [6.07, 6.45) is 3.19. The first-order valence-corrected chi connectivity index (χ1v) is 18.9. The summed E-state index contributed by atoms with van der Waals surface area (Å²) >= 11 is 6.52. The van der Waals surface area contributed by atoms with Crippen LogP contribution in [-0.2, 0) is 28.8 Å². The van der Waals surface area contributed by atoms with E-state index in [2.05, 4.69) is 21.1 Å². The monoisotopic (exact) mass is 747 g/mol. The van der Waals surface area contributed by atoms with Crippen LogP contribution in [0.1, 0.15) is 88.8 Å². The molecule has 13 heteroatoms. The zero-order valence-corrected chi connectivity index (χ0v) is 32.0. The normalized spacial score (nSPS) is 24.5. The van der Waals surface area contributed by atoms with Crippen LogP contribution in [0.25, 0.3) is 0 Å². The van der Waals surface area contributed by atoms with Crippen molar-refractivity contribution in [2.75, 3.05) is 20.2 Å². The summed E-state index contributed by atoms with van der Waals surface area (Å²) in [5.41, 5.74) is 1.43. The number of hydrogen-bond acceptors (Lipinski definition) is 8. The van der Waals surface area contributed by atoms with Crippen molar-refractivity contribution in [2.24, 2.45) is 22.4 Å². The summed E-state index contributed by atoms with van der Waals surface area (Å²) in [5, 5.41) is 13.3. The Kier molecular flexibility index (Phi) is 10.9. The molecule has 4 aliphatic rings. The van der Waals surface area contributed by atoms with Crippen LogP contribution < -0.4 is 20.7 Å². The molecule has 2 heterocycles. The molecule has 2 saturated carbocycles. The molecule has 1 spiro atoms. The Hall–Kier alpha value is -4.45. The van der Waals surface area contributed by atoms with E-state index in [0.717, 1.165) is 29.5 Å². The number of ketones is 1. The predicted octanol–water partition coefficient (Wildman–Crippen LogP) is 4.45. The molecule has 2 aromatic carbocycles. The number of oxime groups is 1. The van der Waals surface area contributed by atoms with Crippen molar-refractivity contribution in [2.45, 2.75) is 103 Å². The molecule has 12 nitrogen and oxygen atoms in total. The number of ether oxygens (including phenoxy) is 1. The van der Waals surface area contributed by atoms with Crippen LogP contribution in [0.15, 0.2) is 47.6 Å². The van der Waals surface area contributed by atoms with E-state index in [1.54, 1.807) is 20.1 Å². The van der Waals surface area contributed by atoms with Gasteiger partial charge in [-0.05, 0) is 67.2 Å². The fourth-order valence-electron chi connectivity index (χ4n) is 7.65. The van der Waals surface area contributed by atoms with Crippen molar-refractivity contribution in [3.8, 4) is 5.75 Å². The number of benzene rings is 2. The Morgan fingerprint density at radius 1 is 1.08 bits per heavy atom. The first kappa shape index (κ1) is 38.3. The van der Waals surface area contributed by atoms with Crippen LogP contribution in [-0.4, -0.2) is 83.9 Å². The average Bonchev–Trinajstić information content (AvgIpc) is 4.04. The summed E-state index contributed by atoms with van der Waals surface area (Å²) in [6.45, 7) is 9.49. The van der Waals surface area contributed by atoms with E-state index in [4.69, 9.17) is 21.2 Å². The molecule has 3 fully saturated rings. The van der Waals surface area contributed by atoms with E-state index < -0.39 is 52.6 Å². The maximum Gasteiger partial charge on any atom is 0.289 e. The van der Waals surface area contributed by atoms with E-state index in [0.29, 0.717) is 29.3 Å². The van der Waals surface area contributed by atoms with Crippen molar-refractivity contribution < 1.29 is 33.5 Å². The van der Waals surface area contributed by atoms with E-state index in [1.165, 1.54) is 4.90 Å². The number of likely N-dealkylation sites (tertiary alicyclic amines) is 1. The summed E-state index contributed by atoms with van der Waals surface area (Å²) in [4.78, 5) is 76.3. The van der Waals surface area contributed by atoms with Crippen LogP contribution in [0.2, 0.25) is 5.02 Å². The maximum absolute atomic E-state index is 14.8. The van der Waals surface area contributed by atoms with Crippen LogP contribution in [0, 0.1) is 24.2 Å². The lowest BCUT2D eigenvalue weighted by Gasteiger charge is -2.35. The number of halogens is 1. The Labute approximate surface area is 315 Å². The van der Waals surface area contributed by atoms with Crippen molar-refractivity contribution >= 4 is 46.7 Å². The highest BCUT2D eigenvalue weighted by molar-refractivity contribution is 6.38. The third-order valence-electron chi connectivity index (χ3n) is 10.8. The van der Waals surface area contributed by atoms with Gasteiger partial charge in [-0.2, -0.15) is 0 Å². The Balaban J connectivity index is 1.26. The number of likely N-dealkylation sites (N-methyl/N-ethyl adjacent to an activating group) is 1. The van der Waals surface area contributed by atoms with Gasteiger partial charge in [0.15, 0.2) is 5.60 Å². The molecule has 4 amide bonds. The molecule has 53 heavy (non-hydrogen) atoms. The highest BCUT2D eigenvalue weighted by Crippen LogP contribution is 2.48. The van der Waals surface area contributed by atoms with Gasteiger partial charge in [0.25, 0.3) is 5.91 Å². The van der Waals surface area contributed by atoms with E-state index in [-0.39, 0.29) is 49.6 Å². The number of methoxy groups -OCH3 is 1. The Morgan fingerprint density at radius 3 is 2.42 bits per heavy atom. The second-order valence-corrected chi connectivity index (χ2v) is 16.5. The van der Waals surface area contributed by atoms with Gasteiger partial charge in [0.05, 0.1) is 30.4 Å². The molecule has 0 unspecified atom stereocenters. The first-order valence-electron chi connectivity index (χ1n) is 18.5. The first-order chi connectivity index (χ1) is 25.1. The summed E-state index contributed by atoms with van der Waals surface area (Å²) < 4.78 is 5.43. The van der Waals surface area contributed by atoms with E-state index in [1.807, 2.05) is 64.1 Å². The number of carbonyl (C=O) groups is 5. The van der Waals surface area contributed by atoms with Crippen LogP contribution in [0.5, 0.6) is 5.75 Å². The summed E-state index contributed by atoms with van der Waals surface area (Å²) in [7, 11) is 1.55. The maximum atomic E-state index is 14.8. The standard InChI is InChI=1S/C40H50ClN5O7/c1-7-42-37(50)32(47)29(16-23-13-14-23)43-36(49)31-20-40(19-30(45-53-40)25-15-22(2)33(52-6)28(41)17-25)21-46(31)38(51)34(39(3,4)5)44-35(48)27-18-26(27)24-11-9-8-10-12-24/h8-12,15,17,23,26-27,29,31,34H,7,13-14,16,18-21H2,1-6H3,(H,42,50)(H,43,49)(H,44,48)/t26-,27+,29-,31-,34+,40+/m0/s1. The Morgan fingerprint density at radius 2 is 1.79 bits per heavy atom. The van der Waals surface area contributed by atoms with Gasteiger partial charge < -0.3 is 30.4 Å². The fourth-order valence-corrected chi connectivity index (χ4v) is 7.99. The van der Waals surface area contributed by atoms with Crippen molar-refractivity contribution in [3.05, 3.63) is 64.2 Å². The van der Waals surface area contributed by atoms with E-state index >= 15 is 0 Å². The van der Waals surface area contributed by atoms with Crippen LogP contribution in [0.4, 0.5) is 0 Å². The second-order valence-electron chi connectivity index (χ2n) is 16.1. The second kappa shape index (κ2) is 15.1. The number of nitrogens with one attached hydrogen (secondary N) is 3. The third-order valence-corrected chi connectivity index (χ3v) is 11.1. The third kappa shape index (κ3) is 8.37. The molecule has 6 rings (SSSR count). The number of amides is 4. The Bertz CT molecular complexity index is 1780. The van der Waals surface area contributed by atoms with Gasteiger partial charge in [0, 0.05) is 30.9 Å². The molecule has 2 aromatic rings. The smallest absolute Gasteiger partial charge is 0.289 e. The largest absolute Gasteiger partial charge is 0.495 e. The number of Topliss-reactive ketones (excluding diaryl/α,β-unsaturated/α-hetero) is 1. The van der Waals surface area contributed by atoms with Gasteiger partial charge in [0.1, 0.15) is 17.8 Å². The minimum atomic E-state index is -1.07. The molecule has 2 aliphatic carbocycles. The number of nitrogens with zero attached hydrogens (tertiary/aromatic N) is 2. The average molecular weight is 748 g/mol. The molecule has 1 saturated heterocycles. The zero-order valence-electron chi connectivity index (χ0n) is 31.3. The predicted molar refractivity (Wildman–Crippen MR) is 199 cm³/mol. The SMILES string of the molecule is CCNC(=O)C(=O)[C@H](CC1CC1)NC(=O)[C@@H]1C[C@]2(CC(c3cc(C)c(OC)c(Cl)c3)=NO2)CN1C(=O)[C@@H](NC(=O)[C@@H]1C[C@H]1c1ccccc1)C(C)(C)C. The van der Waals surface area contributed by atoms with Gasteiger partial charge in [-0.25, -0.2) is 0 Å². The topological polar surface area (TPSA) is 156 Å². The number of rotatable bonds is 13. The molecular formula is C40H50ClN5O7. The summed E-state index contributed by atoms with van der Waals surface area (Å²) in [5.74, 6) is -2.11. The fraction of sp³-hybridized carbons (Fsp3) is 0.550. The summed E-state index contributed by atoms with van der Waals surface area (Å²) in [6, 6.07) is 10.4. The molecule has 0 bridgehead atoms. The molecule has 6 atom stereocenters. The highest BCUT2D eigenvalue weighted by Gasteiger charge is 2.56. The van der Waals surface area contributed by atoms with Gasteiger partial charge in [0.2, 0.25) is 23.5 Å². The molecular weight excluding hydrogens is 698 g/mol. The van der Waals surface area contributed by atoms with Crippen molar-refractivity contribution in [3.63, 3.8) is 0 Å². The number of hydrogen-bond donors (Lipinski definition) is 3.